The predicted molar refractivity (Wildman–Crippen MR) is 56.4 cm³/mol. The van der Waals surface area contributed by atoms with E-state index >= 15 is 0 Å². The van der Waals surface area contributed by atoms with Crippen molar-refractivity contribution in [2.24, 2.45) is 11.7 Å². The summed E-state index contributed by atoms with van der Waals surface area (Å²) in [5.41, 5.74) is 5.32. The van der Waals surface area contributed by atoms with E-state index in [2.05, 4.69) is 0 Å². The minimum atomic E-state index is -2.90. The summed E-state index contributed by atoms with van der Waals surface area (Å²) in [6, 6.07) is 0. The molecule has 0 aromatic rings. The van der Waals surface area contributed by atoms with Gasteiger partial charge in [-0.15, -0.1) is 0 Å². The van der Waals surface area contributed by atoms with E-state index in [1.54, 1.807) is 6.92 Å². The third-order valence-corrected chi connectivity index (χ3v) is 4.43. The molecule has 0 rings (SSSR count). The Bertz CT molecular complexity index is 222. The lowest BCUT2D eigenvalue weighted by atomic mass is 10.2. The summed E-state index contributed by atoms with van der Waals surface area (Å²) in [6.45, 7) is 6.25. The highest BCUT2D eigenvalue weighted by molar-refractivity contribution is 7.91. The van der Waals surface area contributed by atoms with Crippen LogP contribution in [0.5, 0.6) is 0 Å². The van der Waals surface area contributed by atoms with E-state index in [0.29, 0.717) is 24.6 Å². The van der Waals surface area contributed by atoms with Gasteiger partial charge in [0.25, 0.3) is 0 Å². The minimum absolute atomic E-state index is 0.281. The van der Waals surface area contributed by atoms with Crippen molar-refractivity contribution in [1.82, 2.24) is 0 Å². The highest BCUT2D eigenvalue weighted by Crippen LogP contribution is 2.10. The topological polar surface area (TPSA) is 60.2 Å². The summed E-state index contributed by atoms with van der Waals surface area (Å²) in [7, 11) is -2.90. The van der Waals surface area contributed by atoms with Crippen molar-refractivity contribution in [3.05, 3.63) is 0 Å². The lowest BCUT2D eigenvalue weighted by Crippen LogP contribution is -2.24. The normalized spacial score (nSPS) is 14.8. The molecule has 0 aromatic carbocycles. The van der Waals surface area contributed by atoms with Gasteiger partial charge in [0.05, 0.1) is 11.0 Å². The Morgan fingerprint density at radius 1 is 1.15 bits per heavy atom. The molecule has 2 N–H and O–H groups in total. The van der Waals surface area contributed by atoms with Crippen LogP contribution >= 0.6 is 0 Å². The van der Waals surface area contributed by atoms with Crippen LogP contribution in [0.15, 0.2) is 0 Å². The maximum Gasteiger partial charge on any atom is 0.152 e. The molecule has 0 spiro atoms. The van der Waals surface area contributed by atoms with Crippen LogP contribution in [0.2, 0.25) is 0 Å². The zero-order chi connectivity index (χ0) is 10.5. The van der Waals surface area contributed by atoms with Crippen molar-refractivity contribution in [1.29, 1.82) is 0 Å². The maximum atomic E-state index is 11.6. The molecule has 0 radical (unpaired) electrons. The first-order valence-electron chi connectivity index (χ1n) is 4.81. The van der Waals surface area contributed by atoms with E-state index in [9.17, 15) is 8.42 Å². The van der Waals surface area contributed by atoms with Gasteiger partial charge in [-0.25, -0.2) is 8.42 Å². The van der Waals surface area contributed by atoms with Gasteiger partial charge in [-0.3, -0.25) is 0 Å². The molecule has 1 unspecified atom stereocenters. The Morgan fingerprint density at radius 2 is 1.69 bits per heavy atom. The molecule has 0 aliphatic rings. The molecule has 3 nitrogen and oxygen atoms in total. The van der Waals surface area contributed by atoms with E-state index in [1.165, 1.54) is 0 Å². The second kappa shape index (κ2) is 5.60. The standard InChI is InChI=1S/C9H21NO2S/c1-8(2)5-7-13(11,12)9(3)4-6-10/h8-9H,4-7,10H2,1-3H3. The molecule has 0 aromatic heterocycles. The summed E-state index contributed by atoms with van der Waals surface area (Å²) in [6.07, 6.45) is 1.32. The summed E-state index contributed by atoms with van der Waals surface area (Å²) in [5.74, 6) is 0.742. The molecule has 0 bridgehead atoms. The van der Waals surface area contributed by atoms with E-state index < -0.39 is 9.84 Å². The molecule has 0 amide bonds. The molecule has 0 saturated heterocycles. The van der Waals surface area contributed by atoms with Crippen LogP contribution in [0, 0.1) is 5.92 Å². The first-order chi connectivity index (χ1) is 5.90. The number of rotatable bonds is 6. The minimum Gasteiger partial charge on any atom is -0.330 e. The van der Waals surface area contributed by atoms with Crippen molar-refractivity contribution < 1.29 is 8.42 Å². The SMILES string of the molecule is CC(C)CCS(=O)(=O)C(C)CCN. The Kier molecular flexibility index (Phi) is 5.56. The van der Waals surface area contributed by atoms with E-state index in [0.717, 1.165) is 6.42 Å². The number of hydrogen-bond acceptors (Lipinski definition) is 3. The lowest BCUT2D eigenvalue weighted by molar-refractivity contribution is 0.559. The van der Waals surface area contributed by atoms with Gasteiger partial charge in [0.15, 0.2) is 9.84 Å². The third-order valence-electron chi connectivity index (χ3n) is 2.17. The fourth-order valence-corrected chi connectivity index (χ4v) is 2.71. The van der Waals surface area contributed by atoms with E-state index in [4.69, 9.17) is 5.73 Å². The average molecular weight is 207 g/mol. The molecule has 13 heavy (non-hydrogen) atoms. The smallest absolute Gasteiger partial charge is 0.152 e. The highest BCUT2D eigenvalue weighted by atomic mass is 32.2. The fraction of sp³-hybridized carbons (Fsp3) is 1.00. The van der Waals surface area contributed by atoms with Gasteiger partial charge in [0.2, 0.25) is 0 Å². The van der Waals surface area contributed by atoms with Crippen LogP contribution in [0.4, 0.5) is 0 Å². The van der Waals surface area contributed by atoms with Crippen LogP contribution < -0.4 is 5.73 Å². The monoisotopic (exact) mass is 207 g/mol. The maximum absolute atomic E-state index is 11.6. The molecule has 0 saturated carbocycles. The van der Waals surface area contributed by atoms with E-state index in [1.807, 2.05) is 13.8 Å². The van der Waals surface area contributed by atoms with Crippen molar-refractivity contribution in [3.8, 4) is 0 Å². The van der Waals surface area contributed by atoms with Gasteiger partial charge in [-0.05, 0) is 32.2 Å². The molecule has 0 aliphatic heterocycles. The van der Waals surface area contributed by atoms with Gasteiger partial charge in [-0.1, -0.05) is 13.8 Å². The van der Waals surface area contributed by atoms with Gasteiger partial charge in [0.1, 0.15) is 0 Å². The van der Waals surface area contributed by atoms with Crippen LogP contribution in [0.3, 0.4) is 0 Å². The largest absolute Gasteiger partial charge is 0.330 e. The van der Waals surface area contributed by atoms with Crippen LogP contribution in [-0.2, 0) is 9.84 Å². The Labute approximate surface area is 81.6 Å². The van der Waals surface area contributed by atoms with Crippen molar-refractivity contribution in [2.45, 2.75) is 38.9 Å². The molecule has 80 valence electrons. The molecule has 0 fully saturated rings. The third kappa shape index (κ3) is 5.26. The van der Waals surface area contributed by atoms with Gasteiger partial charge >= 0.3 is 0 Å². The number of hydrogen-bond donors (Lipinski definition) is 1. The van der Waals surface area contributed by atoms with Crippen molar-refractivity contribution >= 4 is 9.84 Å². The quantitative estimate of drug-likeness (QED) is 0.711. The summed E-state index contributed by atoms with van der Waals surface area (Å²) >= 11 is 0. The molecular weight excluding hydrogens is 186 g/mol. The molecule has 1 atom stereocenters. The second-order valence-corrected chi connectivity index (χ2v) is 6.48. The van der Waals surface area contributed by atoms with Gasteiger partial charge in [-0.2, -0.15) is 0 Å². The van der Waals surface area contributed by atoms with Crippen molar-refractivity contribution in [3.63, 3.8) is 0 Å². The second-order valence-electron chi connectivity index (χ2n) is 3.94. The summed E-state index contributed by atoms with van der Waals surface area (Å²) in [5, 5.41) is -0.281. The first kappa shape index (κ1) is 12.9. The van der Waals surface area contributed by atoms with E-state index in [-0.39, 0.29) is 5.25 Å². The molecule has 0 heterocycles. The van der Waals surface area contributed by atoms with Crippen LogP contribution in [0.25, 0.3) is 0 Å². The summed E-state index contributed by atoms with van der Waals surface area (Å²) < 4.78 is 23.1. The zero-order valence-corrected chi connectivity index (χ0v) is 9.60. The van der Waals surface area contributed by atoms with Crippen LogP contribution in [0.1, 0.15) is 33.6 Å². The van der Waals surface area contributed by atoms with Crippen LogP contribution in [-0.4, -0.2) is 26.0 Å². The molecule has 4 heteroatoms. The Morgan fingerprint density at radius 3 is 2.08 bits per heavy atom. The highest BCUT2D eigenvalue weighted by Gasteiger charge is 2.19. The average Bonchev–Trinajstić information content (AvgIpc) is 2.01. The van der Waals surface area contributed by atoms with Crippen molar-refractivity contribution in [2.75, 3.05) is 12.3 Å². The number of sulfone groups is 1. The summed E-state index contributed by atoms with van der Waals surface area (Å²) in [4.78, 5) is 0. The predicted octanol–water partition coefficient (Wildman–Crippen LogP) is 1.18. The first-order valence-corrected chi connectivity index (χ1v) is 6.53. The lowest BCUT2D eigenvalue weighted by Gasteiger charge is -2.12. The zero-order valence-electron chi connectivity index (χ0n) is 8.79. The Hall–Kier alpha value is -0.0900. The van der Waals surface area contributed by atoms with Gasteiger partial charge in [0, 0.05) is 0 Å². The Balaban J connectivity index is 4.07. The van der Waals surface area contributed by atoms with Gasteiger partial charge < -0.3 is 5.73 Å². The molecular formula is C9H21NO2S. The fourth-order valence-electron chi connectivity index (χ4n) is 1.02. The number of nitrogens with two attached hydrogens (primary N) is 1. The molecule has 0 aliphatic carbocycles.